The molecular weight excluding hydrogens is 401 g/mol. The van der Waals surface area contributed by atoms with Gasteiger partial charge in [-0.3, -0.25) is 19.7 Å². The number of hydrogen-bond acceptors (Lipinski definition) is 4. The Morgan fingerprint density at radius 1 is 1.13 bits per heavy atom. The van der Waals surface area contributed by atoms with Crippen molar-refractivity contribution < 1.29 is 18.9 Å². The van der Waals surface area contributed by atoms with Crippen LogP contribution >= 0.6 is 0 Å². The lowest BCUT2D eigenvalue weighted by molar-refractivity contribution is -0.385. The van der Waals surface area contributed by atoms with Crippen molar-refractivity contribution in [2.24, 2.45) is 0 Å². The van der Waals surface area contributed by atoms with Crippen LogP contribution in [0.1, 0.15) is 45.2 Å². The van der Waals surface area contributed by atoms with E-state index >= 15 is 0 Å². The second kappa shape index (κ2) is 10.1. The van der Waals surface area contributed by atoms with E-state index < -0.39 is 28.2 Å². The summed E-state index contributed by atoms with van der Waals surface area (Å²) in [6, 6.07) is 10.9. The Labute approximate surface area is 181 Å². The van der Waals surface area contributed by atoms with Crippen LogP contribution in [0.4, 0.5) is 10.1 Å². The van der Waals surface area contributed by atoms with Gasteiger partial charge in [-0.2, -0.15) is 0 Å². The van der Waals surface area contributed by atoms with Crippen LogP contribution in [0.15, 0.2) is 48.5 Å². The fourth-order valence-corrected chi connectivity index (χ4v) is 3.26. The number of nitrogens with one attached hydrogen (secondary N) is 1. The monoisotopic (exact) mass is 429 g/mol. The van der Waals surface area contributed by atoms with Crippen molar-refractivity contribution in [2.45, 2.75) is 58.7 Å². The molecule has 2 aromatic carbocycles. The van der Waals surface area contributed by atoms with Crippen LogP contribution in [0.5, 0.6) is 0 Å². The lowest BCUT2D eigenvalue weighted by Gasteiger charge is -2.33. The quantitative estimate of drug-likeness (QED) is 0.507. The Hall–Kier alpha value is -3.29. The third kappa shape index (κ3) is 6.87. The Balaban J connectivity index is 2.38. The highest BCUT2D eigenvalue weighted by Crippen LogP contribution is 2.21. The van der Waals surface area contributed by atoms with Crippen molar-refractivity contribution in [3.05, 3.63) is 75.6 Å². The molecule has 2 amide bonds. The first kappa shape index (κ1) is 24.0. The summed E-state index contributed by atoms with van der Waals surface area (Å²) in [4.78, 5) is 38.4. The summed E-state index contributed by atoms with van der Waals surface area (Å²) >= 11 is 0. The Bertz CT molecular complexity index is 939. The Morgan fingerprint density at radius 2 is 1.74 bits per heavy atom. The maximum Gasteiger partial charge on any atom is 0.273 e. The number of nitrogens with zero attached hydrogens (tertiary/aromatic N) is 2. The number of nitro benzene ring substituents is 1. The smallest absolute Gasteiger partial charge is 0.273 e. The molecule has 1 atom stereocenters. The zero-order valence-electron chi connectivity index (χ0n) is 18.2. The molecule has 166 valence electrons. The zero-order chi connectivity index (χ0) is 23.2. The van der Waals surface area contributed by atoms with E-state index in [4.69, 9.17) is 0 Å². The second-order valence-electron chi connectivity index (χ2n) is 8.37. The summed E-state index contributed by atoms with van der Waals surface area (Å²) in [5.41, 5.74) is 0.282. The van der Waals surface area contributed by atoms with Crippen LogP contribution in [-0.2, 0) is 22.6 Å². The molecule has 0 spiro atoms. The molecule has 7 nitrogen and oxygen atoms in total. The molecular formula is C23H28FN3O4. The first-order valence-corrected chi connectivity index (χ1v) is 10.1. The minimum atomic E-state index is -0.778. The number of carbonyl (C=O) groups is 2. The molecule has 2 rings (SSSR count). The number of halogens is 1. The molecule has 0 unspecified atom stereocenters. The van der Waals surface area contributed by atoms with Gasteiger partial charge in [0.15, 0.2) is 0 Å². The van der Waals surface area contributed by atoms with E-state index in [1.165, 1.54) is 35.2 Å². The summed E-state index contributed by atoms with van der Waals surface area (Å²) in [7, 11) is 0. The van der Waals surface area contributed by atoms with Crippen molar-refractivity contribution in [1.82, 2.24) is 10.2 Å². The average molecular weight is 429 g/mol. The highest BCUT2D eigenvalue weighted by molar-refractivity contribution is 5.89. The molecule has 0 aliphatic heterocycles. The van der Waals surface area contributed by atoms with E-state index in [-0.39, 0.29) is 30.1 Å². The second-order valence-corrected chi connectivity index (χ2v) is 8.37. The van der Waals surface area contributed by atoms with Gasteiger partial charge in [0.1, 0.15) is 11.9 Å². The number of rotatable bonds is 8. The normalized spacial score (nSPS) is 12.2. The summed E-state index contributed by atoms with van der Waals surface area (Å²) < 4.78 is 13.3. The van der Waals surface area contributed by atoms with Crippen molar-refractivity contribution in [3.8, 4) is 0 Å². The topological polar surface area (TPSA) is 92.6 Å². The zero-order valence-corrected chi connectivity index (χ0v) is 18.2. The van der Waals surface area contributed by atoms with Gasteiger partial charge in [-0.25, -0.2) is 4.39 Å². The van der Waals surface area contributed by atoms with Crippen molar-refractivity contribution in [2.75, 3.05) is 0 Å². The van der Waals surface area contributed by atoms with Crippen molar-refractivity contribution >= 4 is 17.5 Å². The summed E-state index contributed by atoms with van der Waals surface area (Å²) in [5, 5.41) is 14.2. The SMILES string of the molecule is CC[C@H](C(=O)NC(C)(C)C)N(Cc1ccc(F)cc1)C(=O)Cc1ccccc1[N+](=O)[O-]. The van der Waals surface area contributed by atoms with Crippen molar-refractivity contribution in [3.63, 3.8) is 0 Å². The van der Waals surface area contributed by atoms with E-state index in [0.29, 0.717) is 12.0 Å². The van der Waals surface area contributed by atoms with Crippen molar-refractivity contribution in [1.29, 1.82) is 0 Å². The number of amides is 2. The lowest BCUT2D eigenvalue weighted by atomic mass is 10.0. The standard InChI is InChI=1S/C23H28FN3O4/c1-5-19(22(29)25-23(2,3)4)26(15-16-10-12-18(24)13-11-16)21(28)14-17-8-6-7-9-20(17)27(30)31/h6-13,19H,5,14-15H2,1-4H3,(H,25,29)/t19-/m1/s1. The average Bonchev–Trinajstić information content (AvgIpc) is 2.68. The molecule has 2 aromatic rings. The Kier molecular flexibility index (Phi) is 7.85. The van der Waals surface area contributed by atoms with Gasteiger partial charge >= 0.3 is 0 Å². The predicted molar refractivity (Wildman–Crippen MR) is 116 cm³/mol. The van der Waals surface area contributed by atoms with E-state index in [0.717, 1.165) is 0 Å². The maximum absolute atomic E-state index is 13.3. The molecule has 0 bridgehead atoms. The maximum atomic E-state index is 13.3. The van der Waals surface area contributed by atoms with Gasteiger partial charge in [-0.05, 0) is 44.9 Å². The largest absolute Gasteiger partial charge is 0.350 e. The number of benzene rings is 2. The first-order chi connectivity index (χ1) is 14.5. The third-order valence-electron chi connectivity index (χ3n) is 4.68. The molecule has 0 saturated heterocycles. The first-order valence-electron chi connectivity index (χ1n) is 10.1. The van der Waals surface area contributed by atoms with E-state index in [9.17, 15) is 24.1 Å². The van der Waals surface area contributed by atoms with Crippen LogP contribution < -0.4 is 5.32 Å². The van der Waals surface area contributed by atoms with E-state index in [2.05, 4.69) is 5.32 Å². The molecule has 0 saturated carbocycles. The predicted octanol–water partition coefficient (Wildman–Crippen LogP) is 4.00. The number of hydrogen-bond donors (Lipinski definition) is 1. The molecule has 31 heavy (non-hydrogen) atoms. The van der Waals surface area contributed by atoms with Crippen LogP contribution in [0, 0.1) is 15.9 Å². The van der Waals surface area contributed by atoms with Gasteiger partial charge in [0.2, 0.25) is 11.8 Å². The minimum Gasteiger partial charge on any atom is -0.350 e. The number of nitro groups is 1. The fraction of sp³-hybridized carbons (Fsp3) is 0.391. The van der Waals surface area contributed by atoms with Gasteiger partial charge in [0, 0.05) is 23.7 Å². The molecule has 0 fully saturated rings. The van der Waals surface area contributed by atoms with Gasteiger partial charge in [0.05, 0.1) is 11.3 Å². The van der Waals surface area contributed by atoms with Crippen LogP contribution in [0.2, 0.25) is 0 Å². The van der Waals surface area contributed by atoms with E-state index in [1.807, 2.05) is 20.8 Å². The molecule has 0 aliphatic rings. The molecule has 0 heterocycles. The van der Waals surface area contributed by atoms with Gasteiger partial charge in [-0.15, -0.1) is 0 Å². The van der Waals surface area contributed by atoms with E-state index in [1.54, 1.807) is 25.1 Å². The van der Waals surface area contributed by atoms with Gasteiger partial charge in [-0.1, -0.05) is 37.3 Å². The summed E-state index contributed by atoms with van der Waals surface area (Å²) in [6.07, 6.45) is 0.128. The summed E-state index contributed by atoms with van der Waals surface area (Å²) in [5.74, 6) is -1.14. The molecule has 0 aliphatic carbocycles. The molecule has 1 N–H and O–H groups in total. The molecule has 0 radical (unpaired) electrons. The van der Waals surface area contributed by atoms with Crippen LogP contribution in [-0.4, -0.2) is 33.2 Å². The highest BCUT2D eigenvalue weighted by Gasteiger charge is 2.31. The third-order valence-corrected chi connectivity index (χ3v) is 4.68. The van der Waals surface area contributed by atoms with Gasteiger partial charge < -0.3 is 10.2 Å². The number of para-hydroxylation sites is 1. The minimum absolute atomic E-state index is 0.0792. The Morgan fingerprint density at radius 3 is 2.29 bits per heavy atom. The van der Waals surface area contributed by atoms with Crippen LogP contribution in [0.3, 0.4) is 0 Å². The highest BCUT2D eigenvalue weighted by atomic mass is 19.1. The number of carbonyl (C=O) groups excluding carboxylic acids is 2. The van der Waals surface area contributed by atoms with Crippen LogP contribution in [0.25, 0.3) is 0 Å². The summed E-state index contributed by atoms with van der Waals surface area (Å²) in [6.45, 7) is 7.41. The van der Waals surface area contributed by atoms with Gasteiger partial charge in [0.25, 0.3) is 5.69 Å². The lowest BCUT2D eigenvalue weighted by Crippen LogP contribution is -2.53. The fourth-order valence-electron chi connectivity index (χ4n) is 3.26. The molecule has 8 heteroatoms. The molecule has 0 aromatic heterocycles.